The summed E-state index contributed by atoms with van der Waals surface area (Å²) in [5, 5.41) is 3.28. The van der Waals surface area contributed by atoms with Gasteiger partial charge in [0.1, 0.15) is 0 Å². The summed E-state index contributed by atoms with van der Waals surface area (Å²) in [6.07, 6.45) is 0. The Balaban J connectivity index is 2.36. The molecule has 0 saturated carbocycles. The number of aryl methyl sites for hydroxylation is 1. The number of benzene rings is 1. The Morgan fingerprint density at radius 3 is 2.82 bits per heavy atom. The molecule has 0 saturated heterocycles. The highest BCUT2D eigenvalue weighted by Gasteiger charge is 2.07. The molecule has 0 radical (unpaired) electrons. The smallest absolute Gasteiger partial charge is 0.224 e. The molecule has 0 atom stereocenters. The van der Waals surface area contributed by atoms with E-state index < -0.39 is 0 Å². The highest BCUT2D eigenvalue weighted by atomic mass is 79.9. The van der Waals surface area contributed by atoms with Crippen LogP contribution in [0.5, 0.6) is 0 Å². The quantitative estimate of drug-likeness (QED) is 0.833. The molecule has 0 aliphatic heterocycles. The third-order valence-electron chi connectivity index (χ3n) is 2.20. The third-order valence-corrected chi connectivity index (χ3v) is 2.86. The van der Waals surface area contributed by atoms with Gasteiger partial charge in [-0.1, -0.05) is 22.0 Å². The molecule has 2 rings (SSSR count). The van der Waals surface area contributed by atoms with Crippen LogP contribution in [0.1, 0.15) is 5.69 Å². The van der Waals surface area contributed by atoms with Crippen molar-refractivity contribution in [2.24, 2.45) is 0 Å². The first-order chi connectivity index (χ1) is 8.06. The first-order valence-corrected chi connectivity index (χ1v) is 6.05. The number of nitrogens with zero attached hydrogens (tertiary/aromatic N) is 2. The predicted octanol–water partition coefficient (Wildman–Crippen LogP) is 3.53. The fourth-order valence-electron chi connectivity index (χ4n) is 1.35. The highest BCUT2D eigenvalue weighted by Crippen LogP contribution is 2.25. The molecule has 4 nitrogen and oxygen atoms in total. The number of nitrogen functional groups attached to an aromatic ring is 1. The van der Waals surface area contributed by atoms with Crippen molar-refractivity contribution in [3.63, 3.8) is 0 Å². The van der Waals surface area contributed by atoms with Gasteiger partial charge in [0.25, 0.3) is 0 Å². The van der Waals surface area contributed by atoms with Gasteiger partial charge < -0.3 is 11.1 Å². The van der Waals surface area contributed by atoms with Crippen molar-refractivity contribution in [3.8, 4) is 0 Å². The number of nitrogens with two attached hydrogens (primary N) is 1. The summed E-state index contributed by atoms with van der Waals surface area (Å²) >= 11 is 9.19. The zero-order valence-corrected chi connectivity index (χ0v) is 11.4. The Labute approximate surface area is 112 Å². The van der Waals surface area contributed by atoms with Crippen molar-refractivity contribution >= 4 is 44.7 Å². The molecular formula is C11H10BrClN4. The SMILES string of the molecule is Cc1nc(Cl)nc(Nc2cccc(Br)c2)c1N. The molecule has 0 aliphatic carbocycles. The van der Waals surface area contributed by atoms with E-state index in [4.69, 9.17) is 17.3 Å². The molecule has 3 N–H and O–H groups in total. The van der Waals surface area contributed by atoms with E-state index in [1.165, 1.54) is 0 Å². The van der Waals surface area contributed by atoms with Crippen LogP contribution in [0.2, 0.25) is 5.28 Å². The second kappa shape index (κ2) is 4.89. The fraction of sp³-hybridized carbons (Fsp3) is 0.0909. The highest BCUT2D eigenvalue weighted by molar-refractivity contribution is 9.10. The molecule has 0 bridgehead atoms. The largest absolute Gasteiger partial charge is 0.394 e. The molecule has 0 unspecified atom stereocenters. The van der Waals surface area contributed by atoms with Crippen LogP contribution < -0.4 is 11.1 Å². The number of anilines is 3. The van der Waals surface area contributed by atoms with Gasteiger partial charge in [-0.05, 0) is 36.7 Å². The second-order valence-corrected chi connectivity index (χ2v) is 4.73. The van der Waals surface area contributed by atoms with Crippen LogP contribution in [0.4, 0.5) is 17.2 Å². The minimum absolute atomic E-state index is 0.175. The van der Waals surface area contributed by atoms with E-state index in [0.29, 0.717) is 17.2 Å². The standard InChI is InChI=1S/C11H10BrClN4/c1-6-9(14)10(17-11(13)15-6)16-8-4-2-3-7(12)5-8/h2-5H,14H2,1H3,(H,15,16,17). The molecular weight excluding hydrogens is 304 g/mol. The molecule has 6 heteroatoms. The Bertz CT molecular complexity index is 559. The zero-order chi connectivity index (χ0) is 12.4. The van der Waals surface area contributed by atoms with E-state index in [0.717, 1.165) is 10.2 Å². The van der Waals surface area contributed by atoms with E-state index in [1.54, 1.807) is 6.92 Å². The Kier molecular flexibility index (Phi) is 3.49. The summed E-state index contributed by atoms with van der Waals surface area (Å²) in [5.41, 5.74) is 7.90. The van der Waals surface area contributed by atoms with Gasteiger partial charge in [0.15, 0.2) is 5.82 Å². The van der Waals surface area contributed by atoms with E-state index >= 15 is 0 Å². The van der Waals surface area contributed by atoms with Crippen LogP contribution in [0.15, 0.2) is 28.7 Å². The lowest BCUT2D eigenvalue weighted by Crippen LogP contribution is -2.03. The lowest BCUT2D eigenvalue weighted by Gasteiger charge is -2.10. The van der Waals surface area contributed by atoms with Crippen molar-refractivity contribution in [3.05, 3.63) is 39.7 Å². The van der Waals surface area contributed by atoms with Crippen LogP contribution in [-0.4, -0.2) is 9.97 Å². The molecule has 2 aromatic rings. The van der Waals surface area contributed by atoms with E-state index in [-0.39, 0.29) is 5.28 Å². The van der Waals surface area contributed by atoms with Gasteiger partial charge in [0.2, 0.25) is 5.28 Å². The number of rotatable bonds is 2. The van der Waals surface area contributed by atoms with E-state index in [2.05, 4.69) is 31.2 Å². The molecule has 0 fully saturated rings. The van der Waals surface area contributed by atoms with Gasteiger partial charge in [-0.25, -0.2) is 4.98 Å². The third kappa shape index (κ3) is 2.87. The van der Waals surface area contributed by atoms with Crippen molar-refractivity contribution in [1.29, 1.82) is 0 Å². The predicted molar refractivity (Wildman–Crippen MR) is 73.6 cm³/mol. The number of hydrogen-bond donors (Lipinski definition) is 2. The number of hydrogen-bond acceptors (Lipinski definition) is 4. The van der Waals surface area contributed by atoms with Gasteiger partial charge in [-0.2, -0.15) is 4.98 Å². The van der Waals surface area contributed by atoms with Gasteiger partial charge in [0, 0.05) is 10.2 Å². The molecule has 1 heterocycles. The first-order valence-electron chi connectivity index (χ1n) is 4.88. The molecule has 1 aromatic heterocycles. The Morgan fingerprint density at radius 1 is 1.35 bits per heavy atom. The summed E-state index contributed by atoms with van der Waals surface area (Å²) in [5.74, 6) is 0.514. The summed E-state index contributed by atoms with van der Waals surface area (Å²) < 4.78 is 0.970. The van der Waals surface area contributed by atoms with Gasteiger partial charge in [-0.15, -0.1) is 0 Å². The van der Waals surface area contributed by atoms with Crippen LogP contribution in [0.3, 0.4) is 0 Å². The molecule has 1 aromatic carbocycles. The lowest BCUT2D eigenvalue weighted by molar-refractivity contribution is 1.11. The Hall–Kier alpha value is -1.33. The van der Waals surface area contributed by atoms with Crippen molar-refractivity contribution in [2.45, 2.75) is 6.92 Å². The first kappa shape index (κ1) is 12.1. The average Bonchev–Trinajstić information content (AvgIpc) is 2.25. The molecule has 0 aliphatic rings. The zero-order valence-electron chi connectivity index (χ0n) is 9.04. The summed E-state index contributed by atoms with van der Waals surface area (Å²) in [4.78, 5) is 8.03. The Morgan fingerprint density at radius 2 is 2.12 bits per heavy atom. The number of aromatic nitrogens is 2. The van der Waals surface area contributed by atoms with Crippen LogP contribution >= 0.6 is 27.5 Å². The van der Waals surface area contributed by atoms with Gasteiger partial charge in [0.05, 0.1) is 11.4 Å². The van der Waals surface area contributed by atoms with E-state index in [1.807, 2.05) is 24.3 Å². The van der Waals surface area contributed by atoms with Crippen molar-refractivity contribution < 1.29 is 0 Å². The molecule has 17 heavy (non-hydrogen) atoms. The van der Waals surface area contributed by atoms with Crippen LogP contribution in [-0.2, 0) is 0 Å². The minimum Gasteiger partial charge on any atom is -0.394 e. The summed E-state index contributed by atoms with van der Waals surface area (Å²) in [6, 6.07) is 7.69. The van der Waals surface area contributed by atoms with Crippen LogP contribution in [0.25, 0.3) is 0 Å². The number of nitrogens with one attached hydrogen (secondary N) is 1. The van der Waals surface area contributed by atoms with Crippen molar-refractivity contribution in [2.75, 3.05) is 11.1 Å². The van der Waals surface area contributed by atoms with Crippen molar-refractivity contribution in [1.82, 2.24) is 9.97 Å². The maximum atomic E-state index is 5.88. The molecule has 0 spiro atoms. The summed E-state index contributed by atoms with van der Waals surface area (Å²) in [6.45, 7) is 1.79. The normalized spacial score (nSPS) is 10.3. The topological polar surface area (TPSA) is 63.8 Å². The van der Waals surface area contributed by atoms with Gasteiger partial charge in [-0.3, -0.25) is 0 Å². The minimum atomic E-state index is 0.175. The fourth-order valence-corrected chi connectivity index (χ4v) is 1.96. The lowest BCUT2D eigenvalue weighted by atomic mass is 10.3. The maximum absolute atomic E-state index is 5.88. The summed E-state index contributed by atoms with van der Waals surface area (Å²) in [7, 11) is 0. The average molecular weight is 314 g/mol. The van der Waals surface area contributed by atoms with Gasteiger partial charge >= 0.3 is 0 Å². The maximum Gasteiger partial charge on any atom is 0.224 e. The molecule has 0 amide bonds. The second-order valence-electron chi connectivity index (χ2n) is 3.48. The molecule has 88 valence electrons. The van der Waals surface area contributed by atoms with Crippen LogP contribution in [0, 0.1) is 6.92 Å². The van der Waals surface area contributed by atoms with E-state index in [9.17, 15) is 0 Å². The number of halogens is 2. The monoisotopic (exact) mass is 312 g/mol.